The van der Waals surface area contributed by atoms with Gasteiger partial charge < -0.3 is 20.1 Å². The van der Waals surface area contributed by atoms with Crippen molar-refractivity contribution in [3.05, 3.63) is 63.5 Å². The lowest BCUT2D eigenvalue weighted by molar-refractivity contribution is -0.136. The van der Waals surface area contributed by atoms with E-state index in [0.29, 0.717) is 76.4 Å². The maximum Gasteiger partial charge on any atom is 0.264 e. The van der Waals surface area contributed by atoms with Crippen molar-refractivity contribution >= 4 is 63.6 Å². The second-order valence-electron chi connectivity index (χ2n) is 17.5. The summed E-state index contributed by atoms with van der Waals surface area (Å²) in [6, 6.07) is 7.80. The van der Waals surface area contributed by atoms with E-state index in [-0.39, 0.29) is 24.1 Å². The average Bonchev–Trinajstić information content (AvgIpc) is 3.86. The highest BCUT2D eigenvalue weighted by Gasteiger charge is 2.46. The molecule has 9 rings (SSSR count). The molecular formula is C44H54FN9O6S. The van der Waals surface area contributed by atoms with Crippen molar-refractivity contribution < 1.29 is 28.4 Å². The van der Waals surface area contributed by atoms with Crippen LogP contribution in [0.4, 0.5) is 15.8 Å². The predicted octanol–water partition coefficient (Wildman–Crippen LogP) is 3.58. The number of H-pyrrole nitrogens is 1. The standard InChI is InChI=1S/C44H54FN9O6S/c45-32-22-29(46-28-4-1-2-5-28)23-33-40(32)42(58)48-36(47-33)26-61-30-12-14-50(15-13-30)25-38(56)53-16-10-27(11-17-53)24-51-18-20-52(21-19-51)34-7-3-6-31-39(34)44(60)54(43(31)59)35-8-9-37(55)49-41(35)57/h3,6-7,22-23,27-28,30,35,46H,1-2,4-5,8-21,24-26H2,(H,47,48,58)(H,49,55,57). The fourth-order valence-electron chi connectivity index (χ4n) is 10.1. The number of piperidine rings is 3. The lowest BCUT2D eigenvalue weighted by atomic mass is 9.95. The number of nitrogens with one attached hydrogen (secondary N) is 3. The van der Waals surface area contributed by atoms with Crippen molar-refractivity contribution in [3.63, 3.8) is 0 Å². The number of thioether (sulfide) groups is 1. The molecule has 15 nitrogen and oxygen atoms in total. The number of halogens is 1. The van der Waals surface area contributed by atoms with Gasteiger partial charge in [0.2, 0.25) is 17.7 Å². The molecule has 3 aromatic rings. The highest BCUT2D eigenvalue weighted by Crippen LogP contribution is 2.35. The van der Waals surface area contributed by atoms with Crippen molar-refractivity contribution in [2.24, 2.45) is 5.92 Å². The molecular weight excluding hydrogens is 802 g/mol. The van der Waals surface area contributed by atoms with Crippen LogP contribution in [-0.2, 0) is 20.1 Å². The summed E-state index contributed by atoms with van der Waals surface area (Å²) >= 11 is 1.76. The number of fused-ring (bicyclic) bond motifs is 2. The zero-order chi connectivity index (χ0) is 42.2. The third-order valence-electron chi connectivity index (χ3n) is 13.5. The van der Waals surface area contributed by atoms with Gasteiger partial charge in [0.05, 0.1) is 34.6 Å². The molecule has 1 aromatic heterocycles. The topological polar surface area (TPSA) is 171 Å². The summed E-state index contributed by atoms with van der Waals surface area (Å²) in [5.41, 5.74) is 1.94. The van der Waals surface area contributed by atoms with Gasteiger partial charge in [-0.25, -0.2) is 9.37 Å². The molecule has 3 N–H and O–H groups in total. The number of likely N-dealkylation sites (tertiary alicyclic amines) is 2. The molecule has 5 amide bonds. The largest absolute Gasteiger partial charge is 0.382 e. The van der Waals surface area contributed by atoms with E-state index < -0.39 is 41.0 Å². The number of piperazine rings is 1. The van der Waals surface area contributed by atoms with E-state index in [4.69, 9.17) is 0 Å². The number of amides is 5. The first-order chi connectivity index (χ1) is 29.6. The van der Waals surface area contributed by atoms with Crippen LogP contribution in [0.3, 0.4) is 0 Å². The van der Waals surface area contributed by atoms with E-state index in [2.05, 4.69) is 35.3 Å². The molecule has 5 aliphatic heterocycles. The number of imide groups is 2. The number of rotatable bonds is 11. The Morgan fingerprint density at radius 3 is 2.34 bits per heavy atom. The zero-order valence-corrected chi connectivity index (χ0v) is 35.3. The maximum absolute atomic E-state index is 14.9. The number of anilines is 2. The third-order valence-corrected chi connectivity index (χ3v) is 14.9. The SMILES string of the molecule is O=C1CCC(N2C(=O)c3cccc(N4CCN(CC5CCN(C(=O)CN6CCC(SCc7nc8cc(NC9CCCC9)cc(F)c8c(=O)[nH]7)CC6)CC5)CC4)c3C2=O)C(=O)N1. The highest BCUT2D eigenvalue weighted by atomic mass is 32.2. The summed E-state index contributed by atoms with van der Waals surface area (Å²) < 4.78 is 14.9. The van der Waals surface area contributed by atoms with Crippen molar-refractivity contribution in [3.8, 4) is 0 Å². The first-order valence-corrected chi connectivity index (χ1v) is 23.1. The number of aromatic amines is 1. The molecule has 0 bridgehead atoms. The second-order valence-corrected chi connectivity index (χ2v) is 18.8. The van der Waals surface area contributed by atoms with Crippen LogP contribution < -0.4 is 21.1 Å². The Morgan fingerprint density at radius 2 is 1.61 bits per heavy atom. The number of nitrogens with zero attached hydrogens (tertiary/aromatic N) is 6. The van der Waals surface area contributed by atoms with Crippen molar-refractivity contribution in [2.75, 3.05) is 75.7 Å². The van der Waals surface area contributed by atoms with Gasteiger partial charge in [-0.15, -0.1) is 0 Å². The van der Waals surface area contributed by atoms with E-state index in [9.17, 15) is 33.2 Å². The summed E-state index contributed by atoms with van der Waals surface area (Å²) in [6.07, 6.45) is 8.47. The molecule has 61 heavy (non-hydrogen) atoms. The molecule has 1 saturated carbocycles. The van der Waals surface area contributed by atoms with Gasteiger partial charge in [-0.2, -0.15) is 11.8 Å². The lowest BCUT2D eigenvalue weighted by Gasteiger charge is -2.40. The average molecular weight is 856 g/mol. The van der Waals surface area contributed by atoms with Crippen molar-refractivity contribution in [1.82, 2.24) is 34.9 Å². The Bertz CT molecular complexity index is 2260. The molecule has 324 valence electrons. The molecule has 4 saturated heterocycles. The van der Waals surface area contributed by atoms with Gasteiger partial charge in [-0.3, -0.25) is 48.8 Å². The Morgan fingerprint density at radius 1 is 0.852 bits per heavy atom. The van der Waals surface area contributed by atoms with Crippen LogP contribution in [0.25, 0.3) is 10.9 Å². The first kappa shape index (κ1) is 41.5. The minimum absolute atomic E-state index is 0.000353. The molecule has 5 fully saturated rings. The fraction of sp³-hybridized carbons (Fsp3) is 0.568. The molecule has 6 aliphatic rings. The van der Waals surface area contributed by atoms with Crippen LogP contribution in [0, 0.1) is 11.7 Å². The van der Waals surface area contributed by atoms with Gasteiger partial charge >= 0.3 is 0 Å². The Hall–Kier alpha value is -4.87. The fourth-order valence-corrected chi connectivity index (χ4v) is 11.2. The van der Waals surface area contributed by atoms with E-state index in [1.165, 1.54) is 18.9 Å². The van der Waals surface area contributed by atoms with Crippen LogP contribution in [0.2, 0.25) is 0 Å². The van der Waals surface area contributed by atoms with Crippen molar-refractivity contribution in [1.29, 1.82) is 0 Å². The number of aromatic nitrogens is 2. The van der Waals surface area contributed by atoms with Crippen LogP contribution >= 0.6 is 11.8 Å². The number of carbonyl (C=O) groups excluding carboxylic acids is 5. The first-order valence-electron chi connectivity index (χ1n) is 22.0. The lowest BCUT2D eigenvalue weighted by Crippen LogP contribution is -2.54. The number of benzene rings is 2. The summed E-state index contributed by atoms with van der Waals surface area (Å²) in [5, 5.41) is 6.05. The summed E-state index contributed by atoms with van der Waals surface area (Å²) in [6.45, 7) is 7.58. The van der Waals surface area contributed by atoms with E-state index >= 15 is 0 Å². The van der Waals surface area contributed by atoms with E-state index in [1.807, 2.05) is 11.0 Å². The molecule has 0 radical (unpaired) electrons. The number of carbonyl (C=O) groups is 5. The minimum Gasteiger partial charge on any atom is -0.382 e. The van der Waals surface area contributed by atoms with Gasteiger partial charge in [-0.1, -0.05) is 18.9 Å². The molecule has 0 spiro atoms. The second kappa shape index (κ2) is 17.8. The smallest absolute Gasteiger partial charge is 0.264 e. The third kappa shape index (κ3) is 8.91. The van der Waals surface area contributed by atoms with Gasteiger partial charge in [-0.05, 0) is 88.2 Å². The quantitative estimate of drug-likeness (QED) is 0.240. The van der Waals surface area contributed by atoms with Gasteiger partial charge in [0, 0.05) is 69.2 Å². The number of hydrogen-bond donors (Lipinski definition) is 3. The molecule has 1 atom stereocenters. The Labute approximate surface area is 358 Å². The maximum atomic E-state index is 14.9. The summed E-state index contributed by atoms with van der Waals surface area (Å²) in [4.78, 5) is 94.7. The molecule has 6 heterocycles. The van der Waals surface area contributed by atoms with Crippen LogP contribution in [0.1, 0.15) is 90.7 Å². The van der Waals surface area contributed by atoms with Gasteiger partial charge in [0.1, 0.15) is 23.1 Å². The van der Waals surface area contributed by atoms with Crippen LogP contribution in [-0.4, -0.2) is 142 Å². The van der Waals surface area contributed by atoms with Gasteiger partial charge in [0.15, 0.2) is 0 Å². The zero-order valence-electron chi connectivity index (χ0n) is 34.5. The Kier molecular flexibility index (Phi) is 12.1. The summed E-state index contributed by atoms with van der Waals surface area (Å²) in [7, 11) is 0. The van der Waals surface area contributed by atoms with Crippen LogP contribution in [0.5, 0.6) is 0 Å². The molecule has 17 heteroatoms. The van der Waals surface area contributed by atoms with E-state index in [0.717, 1.165) is 89.2 Å². The molecule has 2 aromatic carbocycles. The van der Waals surface area contributed by atoms with Crippen molar-refractivity contribution in [2.45, 2.75) is 87.3 Å². The molecule has 1 unspecified atom stereocenters. The molecule has 1 aliphatic carbocycles. The minimum atomic E-state index is -0.992. The van der Waals surface area contributed by atoms with E-state index in [1.54, 1.807) is 30.0 Å². The van der Waals surface area contributed by atoms with Crippen LogP contribution in [0.15, 0.2) is 35.1 Å². The Balaban J connectivity index is 0.693. The normalized spacial score (nSPS) is 22.7. The number of hydrogen-bond acceptors (Lipinski definition) is 12. The monoisotopic (exact) mass is 855 g/mol. The summed E-state index contributed by atoms with van der Waals surface area (Å²) in [5.74, 6) is -0.777. The highest BCUT2D eigenvalue weighted by molar-refractivity contribution is 7.99. The predicted molar refractivity (Wildman–Crippen MR) is 230 cm³/mol. The van der Waals surface area contributed by atoms with Gasteiger partial charge in [0.25, 0.3) is 17.4 Å².